The summed E-state index contributed by atoms with van der Waals surface area (Å²) in [5.41, 5.74) is 2.39. The summed E-state index contributed by atoms with van der Waals surface area (Å²) in [6.45, 7) is 13.9. The Bertz CT molecular complexity index is 1020. The van der Waals surface area contributed by atoms with Crippen LogP contribution in [0.1, 0.15) is 62.5 Å². The Balaban J connectivity index is 0.000000739. The maximum Gasteiger partial charge on any atom is 0.222 e. The highest BCUT2D eigenvalue weighted by Crippen LogP contribution is 2.26. The predicted molar refractivity (Wildman–Crippen MR) is 133 cm³/mol. The number of ketones is 1. The van der Waals surface area contributed by atoms with Gasteiger partial charge in [0.1, 0.15) is 5.75 Å². The van der Waals surface area contributed by atoms with Crippen molar-refractivity contribution in [2.45, 2.75) is 48.5 Å². The molecule has 4 rings (SSSR count). The Hall–Kier alpha value is -3.05. The van der Waals surface area contributed by atoms with E-state index in [1.54, 1.807) is 30.5 Å². The maximum absolute atomic E-state index is 12.6. The lowest BCUT2D eigenvalue weighted by molar-refractivity contribution is 0.103. The number of rotatable bonds is 4. The van der Waals surface area contributed by atoms with Crippen molar-refractivity contribution in [3.05, 3.63) is 83.0 Å². The molecule has 0 saturated heterocycles. The van der Waals surface area contributed by atoms with E-state index >= 15 is 0 Å². The molecule has 2 heterocycles. The topological polar surface area (TPSA) is 52.1 Å². The van der Waals surface area contributed by atoms with Crippen LogP contribution in [0.15, 0.2) is 66.9 Å². The summed E-state index contributed by atoms with van der Waals surface area (Å²) in [5, 5.41) is 0.496. The number of hydrogen-bond donors (Lipinski definition) is 0. The summed E-state index contributed by atoms with van der Waals surface area (Å²) in [4.78, 5) is 21.3. The summed E-state index contributed by atoms with van der Waals surface area (Å²) >= 11 is 1.41. The lowest BCUT2D eigenvalue weighted by atomic mass is 10.1. The van der Waals surface area contributed by atoms with Crippen LogP contribution in [0.3, 0.4) is 0 Å². The first-order chi connectivity index (χ1) is 15.2. The number of para-hydroxylation sites is 1. The minimum atomic E-state index is -0.0817. The highest BCUT2D eigenvalue weighted by atomic mass is 32.1. The van der Waals surface area contributed by atoms with Crippen molar-refractivity contribution >= 4 is 27.3 Å². The molecule has 2 aromatic carbocycles. The van der Waals surface area contributed by atoms with Crippen molar-refractivity contribution in [2.24, 2.45) is 0 Å². The Morgan fingerprint density at radius 1 is 0.839 bits per heavy atom. The van der Waals surface area contributed by atoms with Gasteiger partial charge in [0.15, 0.2) is 5.01 Å². The third-order valence-corrected chi connectivity index (χ3v) is 4.82. The van der Waals surface area contributed by atoms with E-state index in [4.69, 9.17) is 4.74 Å². The second-order valence-electron chi connectivity index (χ2n) is 5.57. The fourth-order valence-electron chi connectivity index (χ4n) is 2.46. The van der Waals surface area contributed by atoms with Crippen molar-refractivity contribution in [1.82, 2.24) is 9.97 Å². The van der Waals surface area contributed by atoms with Crippen molar-refractivity contribution in [2.75, 3.05) is 0 Å². The van der Waals surface area contributed by atoms with Gasteiger partial charge in [0.2, 0.25) is 11.7 Å². The molecule has 0 atom stereocenters. The van der Waals surface area contributed by atoms with Gasteiger partial charge in [-0.05, 0) is 49.4 Å². The number of carbonyl (C=O) groups excluding carboxylic acids is 1. The van der Waals surface area contributed by atoms with Gasteiger partial charge in [-0.15, -0.1) is 11.3 Å². The SMILES string of the molecule is CC.CC.CC.Cc1cccnc1Oc1ccc(C(=O)c2nc3ccccc3s2)cc1. The summed E-state index contributed by atoms with van der Waals surface area (Å²) in [6.07, 6.45) is 1.69. The van der Waals surface area contributed by atoms with Crippen LogP contribution in [-0.2, 0) is 0 Å². The largest absolute Gasteiger partial charge is 0.439 e. The van der Waals surface area contributed by atoms with Gasteiger partial charge < -0.3 is 4.74 Å². The first-order valence-corrected chi connectivity index (χ1v) is 11.6. The molecular weight excluding hydrogens is 404 g/mol. The van der Waals surface area contributed by atoms with E-state index in [9.17, 15) is 4.79 Å². The van der Waals surface area contributed by atoms with Gasteiger partial charge in [-0.2, -0.15) is 0 Å². The summed E-state index contributed by atoms with van der Waals surface area (Å²) in [7, 11) is 0. The molecule has 4 nitrogen and oxygen atoms in total. The molecule has 0 bridgehead atoms. The predicted octanol–water partition coefficient (Wildman–Crippen LogP) is 8.10. The summed E-state index contributed by atoms with van der Waals surface area (Å²) in [6, 6.07) is 18.6. The molecule has 0 saturated carbocycles. The van der Waals surface area contributed by atoms with Gasteiger partial charge in [-0.1, -0.05) is 59.7 Å². The highest BCUT2D eigenvalue weighted by Gasteiger charge is 2.14. The Labute approximate surface area is 190 Å². The second kappa shape index (κ2) is 14.0. The van der Waals surface area contributed by atoms with Crippen LogP contribution in [0.25, 0.3) is 10.2 Å². The van der Waals surface area contributed by atoms with E-state index in [1.807, 2.05) is 84.9 Å². The number of carbonyl (C=O) groups is 1. The molecule has 0 fully saturated rings. The number of thiazole rings is 1. The van der Waals surface area contributed by atoms with Gasteiger partial charge in [0.05, 0.1) is 10.2 Å². The zero-order valence-corrected chi connectivity index (χ0v) is 20.3. The van der Waals surface area contributed by atoms with E-state index in [2.05, 4.69) is 9.97 Å². The Morgan fingerprint density at radius 3 is 2.10 bits per heavy atom. The van der Waals surface area contributed by atoms with Crippen LogP contribution >= 0.6 is 11.3 Å². The number of fused-ring (bicyclic) bond motifs is 1. The molecule has 0 aliphatic heterocycles. The third kappa shape index (κ3) is 7.00. The minimum Gasteiger partial charge on any atom is -0.439 e. The first kappa shape index (κ1) is 26.0. The van der Waals surface area contributed by atoms with E-state index in [0.717, 1.165) is 15.8 Å². The molecule has 4 aromatic rings. The van der Waals surface area contributed by atoms with E-state index in [-0.39, 0.29) is 5.78 Å². The summed E-state index contributed by atoms with van der Waals surface area (Å²) < 4.78 is 6.77. The number of aromatic nitrogens is 2. The van der Waals surface area contributed by atoms with Gasteiger partial charge >= 0.3 is 0 Å². The van der Waals surface area contributed by atoms with E-state index in [0.29, 0.717) is 22.2 Å². The molecule has 31 heavy (non-hydrogen) atoms. The molecule has 0 unspecified atom stereocenters. The van der Waals surface area contributed by atoms with Crippen LogP contribution in [-0.4, -0.2) is 15.8 Å². The molecule has 0 spiro atoms. The van der Waals surface area contributed by atoms with Gasteiger partial charge in [0, 0.05) is 17.3 Å². The standard InChI is InChI=1S/C20H14N2O2S.3C2H6/c1-13-5-4-12-21-19(13)24-15-10-8-14(9-11-15)18(23)20-22-16-6-2-3-7-17(16)25-20;3*1-2/h2-12H,1H3;3*1-2H3. The Morgan fingerprint density at radius 2 is 1.48 bits per heavy atom. The van der Waals surface area contributed by atoms with Crippen LogP contribution in [0.4, 0.5) is 0 Å². The number of nitrogens with zero attached hydrogens (tertiary/aromatic N) is 2. The zero-order valence-electron chi connectivity index (χ0n) is 19.5. The molecule has 5 heteroatoms. The molecule has 0 N–H and O–H groups in total. The summed E-state index contributed by atoms with van der Waals surface area (Å²) in [5.74, 6) is 1.12. The lowest BCUT2D eigenvalue weighted by Gasteiger charge is -2.07. The lowest BCUT2D eigenvalue weighted by Crippen LogP contribution is -2.00. The zero-order chi connectivity index (χ0) is 23.2. The number of pyridine rings is 1. The monoisotopic (exact) mass is 436 g/mol. The molecule has 2 aromatic heterocycles. The molecule has 0 aliphatic rings. The van der Waals surface area contributed by atoms with Crippen molar-refractivity contribution in [1.29, 1.82) is 0 Å². The number of aryl methyl sites for hydroxylation is 1. The molecule has 0 aliphatic carbocycles. The smallest absolute Gasteiger partial charge is 0.222 e. The molecule has 164 valence electrons. The van der Waals surface area contributed by atoms with Crippen LogP contribution in [0.5, 0.6) is 11.6 Å². The first-order valence-electron chi connectivity index (χ1n) is 10.8. The number of hydrogen-bond acceptors (Lipinski definition) is 5. The quantitative estimate of drug-likeness (QED) is 0.303. The fraction of sp³-hybridized carbons (Fsp3) is 0.269. The number of benzene rings is 2. The highest BCUT2D eigenvalue weighted by molar-refractivity contribution is 7.20. The van der Waals surface area contributed by atoms with Gasteiger partial charge in [-0.25, -0.2) is 9.97 Å². The van der Waals surface area contributed by atoms with Crippen LogP contribution in [0, 0.1) is 6.92 Å². The van der Waals surface area contributed by atoms with E-state index < -0.39 is 0 Å². The molecule has 0 radical (unpaired) electrons. The van der Waals surface area contributed by atoms with Crippen LogP contribution in [0.2, 0.25) is 0 Å². The molecule has 0 amide bonds. The maximum atomic E-state index is 12.6. The third-order valence-electron chi connectivity index (χ3n) is 3.78. The Kier molecular flexibility index (Phi) is 11.8. The van der Waals surface area contributed by atoms with Gasteiger partial charge in [0.25, 0.3) is 0 Å². The number of ether oxygens (including phenoxy) is 1. The van der Waals surface area contributed by atoms with Crippen molar-refractivity contribution < 1.29 is 9.53 Å². The average Bonchev–Trinajstić information content (AvgIpc) is 3.29. The van der Waals surface area contributed by atoms with Crippen molar-refractivity contribution in [3.8, 4) is 11.6 Å². The average molecular weight is 437 g/mol. The minimum absolute atomic E-state index is 0.0817. The fourth-order valence-corrected chi connectivity index (χ4v) is 3.38. The van der Waals surface area contributed by atoms with E-state index in [1.165, 1.54) is 11.3 Å². The second-order valence-corrected chi connectivity index (χ2v) is 6.60. The normalized spacial score (nSPS) is 9.26. The molecular formula is C26H32N2O2S. The van der Waals surface area contributed by atoms with Crippen LogP contribution < -0.4 is 4.74 Å². The van der Waals surface area contributed by atoms with Crippen molar-refractivity contribution in [3.63, 3.8) is 0 Å². The van der Waals surface area contributed by atoms with Gasteiger partial charge in [-0.3, -0.25) is 4.79 Å².